The van der Waals surface area contributed by atoms with E-state index in [4.69, 9.17) is 0 Å². The van der Waals surface area contributed by atoms with Gasteiger partial charge in [0.15, 0.2) is 0 Å². The molecule has 108 valence electrons. The fourth-order valence-corrected chi connectivity index (χ4v) is 2.09. The zero-order valence-corrected chi connectivity index (χ0v) is 11.8. The minimum atomic E-state index is 0.638. The molecule has 2 N–H and O–H groups in total. The van der Waals surface area contributed by atoms with Gasteiger partial charge in [-0.05, 0) is 19.4 Å². The van der Waals surface area contributed by atoms with Gasteiger partial charge in [0.1, 0.15) is 0 Å². The van der Waals surface area contributed by atoms with E-state index in [0.717, 1.165) is 36.5 Å². The molecular formula is C14H17N7. The molecule has 0 spiro atoms. The van der Waals surface area contributed by atoms with Crippen LogP contribution in [0.5, 0.6) is 0 Å². The summed E-state index contributed by atoms with van der Waals surface area (Å²) in [5.41, 5.74) is 2.80. The highest BCUT2D eigenvalue weighted by molar-refractivity contribution is 5.61. The van der Waals surface area contributed by atoms with E-state index in [9.17, 15) is 0 Å². The Hall–Kier alpha value is -2.70. The van der Waals surface area contributed by atoms with Gasteiger partial charge in [-0.1, -0.05) is 0 Å². The maximum Gasteiger partial charge on any atom is 0.223 e. The average Bonchev–Trinajstić information content (AvgIpc) is 3.15. The fourth-order valence-electron chi connectivity index (χ4n) is 2.09. The van der Waals surface area contributed by atoms with Crippen LogP contribution < -0.4 is 5.32 Å². The van der Waals surface area contributed by atoms with E-state index >= 15 is 0 Å². The Labute approximate surface area is 122 Å². The van der Waals surface area contributed by atoms with Crippen LogP contribution in [0.4, 0.5) is 5.95 Å². The summed E-state index contributed by atoms with van der Waals surface area (Å²) in [6, 6.07) is 1.88. The number of aromatic amines is 1. The standard InChI is InChI=1S/C14H17N7/c1-11-12(9-18-20-11)13-3-5-17-14(19-13)16-4-2-7-21-8-6-15-10-21/h3,5-6,8-10H,2,4,7H2,1H3,(H,18,20)(H,16,17,19). The van der Waals surface area contributed by atoms with Crippen LogP contribution in [0.25, 0.3) is 11.3 Å². The summed E-state index contributed by atoms with van der Waals surface area (Å²) in [5, 5.41) is 10.2. The number of hydrogen-bond donors (Lipinski definition) is 2. The van der Waals surface area contributed by atoms with Crippen LogP contribution >= 0.6 is 0 Å². The van der Waals surface area contributed by atoms with Gasteiger partial charge in [-0.15, -0.1) is 0 Å². The number of hydrogen-bond acceptors (Lipinski definition) is 5. The second kappa shape index (κ2) is 6.17. The van der Waals surface area contributed by atoms with E-state index in [0.29, 0.717) is 5.95 Å². The molecular weight excluding hydrogens is 266 g/mol. The summed E-state index contributed by atoms with van der Waals surface area (Å²) in [5.74, 6) is 0.638. The first-order valence-corrected chi connectivity index (χ1v) is 6.86. The molecule has 3 aromatic rings. The molecule has 0 aliphatic heterocycles. The smallest absolute Gasteiger partial charge is 0.223 e. The number of aromatic nitrogens is 6. The summed E-state index contributed by atoms with van der Waals surface area (Å²) in [6.45, 7) is 3.69. The number of nitrogens with one attached hydrogen (secondary N) is 2. The molecule has 0 unspecified atom stereocenters. The van der Waals surface area contributed by atoms with Crippen LogP contribution in [0.1, 0.15) is 12.1 Å². The van der Waals surface area contributed by atoms with Crippen molar-refractivity contribution in [2.24, 2.45) is 0 Å². The minimum Gasteiger partial charge on any atom is -0.354 e. The van der Waals surface area contributed by atoms with Gasteiger partial charge in [0, 0.05) is 43.4 Å². The summed E-state index contributed by atoms with van der Waals surface area (Å²) in [7, 11) is 0. The van der Waals surface area contributed by atoms with Crippen molar-refractivity contribution in [1.29, 1.82) is 0 Å². The van der Waals surface area contributed by atoms with Gasteiger partial charge in [-0.2, -0.15) is 5.10 Å². The van der Waals surface area contributed by atoms with Crippen LogP contribution in [-0.2, 0) is 6.54 Å². The number of nitrogens with zero attached hydrogens (tertiary/aromatic N) is 5. The third kappa shape index (κ3) is 3.25. The Bertz CT molecular complexity index is 687. The first kappa shape index (κ1) is 13.3. The van der Waals surface area contributed by atoms with Gasteiger partial charge in [0.05, 0.1) is 17.7 Å². The lowest BCUT2D eigenvalue weighted by Crippen LogP contribution is -2.08. The van der Waals surface area contributed by atoms with Gasteiger partial charge in [0.25, 0.3) is 0 Å². The van der Waals surface area contributed by atoms with E-state index in [1.807, 2.05) is 36.3 Å². The third-order valence-corrected chi connectivity index (χ3v) is 3.20. The van der Waals surface area contributed by atoms with Crippen LogP contribution in [0.2, 0.25) is 0 Å². The van der Waals surface area contributed by atoms with E-state index in [1.54, 1.807) is 12.4 Å². The molecule has 3 heterocycles. The molecule has 0 atom stereocenters. The lowest BCUT2D eigenvalue weighted by molar-refractivity contribution is 0.659. The largest absolute Gasteiger partial charge is 0.354 e. The van der Waals surface area contributed by atoms with Crippen molar-refractivity contribution in [2.45, 2.75) is 19.9 Å². The topological polar surface area (TPSA) is 84.3 Å². The maximum atomic E-state index is 4.51. The molecule has 3 rings (SSSR count). The SMILES string of the molecule is Cc1n[nH]cc1-c1ccnc(NCCCn2ccnc2)n1. The highest BCUT2D eigenvalue weighted by Crippen LogP contribution is 2.19. The molecule has 0 saturated carbocycles. The average molecular weight is 283 g/mol. The Morgan fingerprint density at radius 3 is 3.05 bits per heavy atom. The predicted octanol–water partition coefficient (Wildman–Crippen LogP) is 1.87. The molecule has 0 amide bonds. The number of anilines is 1. The van der Waals surface area contributed by atoms with Gasteiger partial charge < -0.3 is 9.88 Å². The van der Waals surface area contributed by atoms with Crippen molar-refractivity contribution in [1.82, 2.24) is 29.7 Å². The Morgan fingerprint density at radius 2 is 2.29 bits per heavy atom. The Kier molecular flexibility index (Phi) is 3.90. The molecule has 0 aliphatic carbocycles. The van der Waals surface area contributed by atoms with Crippen molar-refractivity contribution >= 4 is 5.95 Å². The molecule has 0 fully saturated rings. The van der Waals surface area contributed by atoms with Gasteiger partial charge in [-0.25, -0.2) is 15.0 Å². The van der Waals surface area contributed by atoms with Crippen LogP contribution in [0.3, 0.4) is 0 Å². The van der Waals surface area contributed by atoms with Crippen molar-refractivity contribution in [3.63, 3.8) is 0 Å². The second-order valence-corrected chi connectivity index (χ2v) is 4.73. The molecule has 0 aromatic carbocycles. The molecule has 0 saturated heterocycles. The number of aryl methyl sites for hydroxylation is 2. The lowest BCUT2D eigenvalue weighted by atomic mass is 10.2. The van der Waals surface area contributed by atoms with E-state index in [1.165, 1.54) is 0 Å². The monoisotopic (exact) mass is 283 g/mol. The molecule has 7 heteroatoms. The molecule has 0 aliphatic rings. The summed E-state index contributed by atoms with van der Waals surface area (Å²) in [4.78, 5) is 12.8. The highest BCUT2D eigenvalue weighted by atomic mass is 15.1. The summed E-state index contributed by atoms with van der Waals surface area (Å²) >= 11 is 0. The quantitative estimate of drug-likeness (QED) is 0.675. The second-order valence-electron chi connectivity index (χ2n) is 4.73. The van der Waals surface area contributed by atoms with Crippen LogP contribution in [0, 0.1) is 6.92 Å². The number of imidazole rings is 1. The normalized spacial score (nSPS) is 10.7. The highest BCUT2D eigenvalue weighted by Gasteiger charge is 2.06. The zero-order valence-electron chi connectivity index (χ0n) is 11.8. The predicted molar refractivity (Wildman–Crippen MR) is 79.7 cm³/mol. The lowest BCUT2D eigenvalue weighted by Gasteiger charge is -2.06. The van der Waals surface area contributed by atoms with Crippen LogP contribution in [0.15, 0.2) is 37.2 Å². The third-order valence-electron chi connectivity index (χ3n) is 3.20. The van der Waals surface area contributed by atoms with Crippen molar-refractivity contribution < 1.29 is 0 Å². The summed E-state index contributed by atoms with van der Waals surface area (Å²) in [6.07, 6.45) is 10.1. The first-order chi connectivity index (χ1) is 10.3. The van der Waals surface area contributed by atoms with Gasteiger partial charge in [-0.3, -0.25) is 5.10 Å². The zero-order chi connectivity index (χ0) is 14.5. The van der Waals surface area contributed by atoms with Crippen molar-refractivity contribution in [3.8, 4) is 11.3 Å². The van der Waals surface area contributed by atoms with Gasteiger partial charge in [0.2, 0.25) is 5.95 Å². The molecule has 7 nitrogen and oxygen atoms in total. The molecule has 0 bridgehead atoms. The molecule has 21 heavy (non-hydrogen) atoms. The minimum absolute atomic E-state index is 0.638. The summed E-state index contributed by atoms with van der Waals surface area (Å²) < 4.78 is 2.05. The number of H-pyrrole nitrogens is 1. The molecule has 3 aromatic heterocycles. The Morgan fingerprint density at radius 1 is 1.33 bits per heavy atom. The molecule has 0 radical (unpaired) electrons. The van der Waals surface area contributed by atoms with Crippen molar-refractivity contribution in [3.05, 3.63) is 42.9 Å². The first-order valence-electron chi connectivity index (χ1n) is 6.86. The van der Waals surface area contributed by atoms with E-state index < -0.39 is 0 Å². The maximum absolute atomic E-state index is 4.51. The fraction of sp³-hybridized carbons (Fsp3) is 0.286. The Balaban J connectivity index is 1.58. The van der Waals surface area contributed by atoms with Crippen molar-refractivity contribution in [2.75, 3.05) is 11.9 Å². The van der Waals surface area contributed by atoms with E-state index in [-0.39, 0.29) is 0 Å². The van der Waals surface area contributed by atoms with E-state index in [2.05, 4.69) is 30.5 Å². The number of rotatable bonds is 6. The van der Waals surface area contributed by atoms with Crippen LogP contribution in [-0.4, -0.2) is 36.3 Å². The van der Waals surface area contributed by atoms with Gasteiger partial charge >= 0.3 is 0 Å².